The first-order valence-electron chi connectivity index (χ1n) is 10.1. The lowest BCUT2D eigenvalue weighted by molar-refractivity contribution is -0.237. The average Bonchev–Trinajstić information content (AvgIpc) is 3.44. The van der Waals surface area contributed by atoms with E-state index in [1.807, 2.05) is 37.4 Å². The number of amidine groups is 1. The van der Waals surface area contributed by atoms with Crippen molar-refractivity contribution in [1.82, 2.24) is 10.2 Å². The molecule has 1 saturated carbocycles. The lowest BCUT2D eigenvalue weighted by atomic mass is 10.1. The molecule has 9 nitrogen and oxygen atoms in total. The van der Waals surface area contributed by atoms with Crippen LogP contribution in [0.25, 0.3) is 0 Å². The Balaban J connectivity index is 0.000000885. The Morgan fingerprint density at radius 2 is 2.07 bits per heavy atom. The van der Waals surface area contributed by atoms with E-state index in [0.29, 0.717) is 37.5 Å². The van der Waals surface area contributed by atoms with Crippen molar-refractivity contribution in [3.63, 3.8) is 0 Å². The molecule has 166 valence electrons. The van der Waals surface area contributed by atoms with Gasteiger partial charge >= 0.3 is 0 Å². The fourth-order valence-corrected chi connectivity index (χ4v) is 3.73. The largest absolute Gasteiger partial charge is 0.379 e. The number of aliphatic imine (C=N–C) groups is 2. The number of rotatable bonds is 5. The zero-order valence-electron chi connectivity index (χ0n) is 17.7. The number of amides is 2. The van der Waals surface area contributed by atoms with Crippen LogP contribution >= 0.6 is 0 Å². The first-order chi connectivity index (χ1) is 14.4. The summed E-state index contributed by atoms with van der Waals surface area (Å²) < 4.78 is 0. The summed E-state index contributed by atoms with van der Waals surface area (Å²) in [4.78, 5) is 38.0. The molecule has 3 rings (SSSR count). The molecule has 2 aliphatic rings. The Morgan fingerprint density at radius 3 is 2.70 bits per heavy atom. The van der Waals surface area contributed by atoms with Gasteiger partial charge in [-0.2, -0.15) is 0 Å². The fourth-order valence-electron chi connectivity index (χ4n) is 3.73. The molecule has 0 radical (unpaired) electrons. The predicted octanol–water partition coefficient (Wildman–Crippen LogP) is 1.69. The minimum absolute atomic E-state index is 0. The second-order valence-electron chi connectivity index (χ2n) is 7.44. The summed E-state index contributed by atoms with van der Waals surface area (Å²) in [6, 6.07) is 9.48. The maximum atomic E-state index is 12.5. The third kappa shape index (κ3) is 6.36. The molecule has 9 heteroatoms. The topological polar surface area (TPSA) is 130 Å². The summed E-state index contributed by atoms with van der Waals surface area (Å²) in [5, 5.41) is 10.1. The number of fused-ring (bicyclic) bond motifs is 1. The summed E-state index contributed by atoms with van der Waals surface area (Å²) in [6.07, 6.45) is 2.85. The summed E-state index contributed by atoms with van der Waals surface area (Å²) in [5.74, 6) is 0.308. The van der Waals surface area contributed by atoms with Gasteiger partial charge in [0.2, 0.25) is 5.91 Å². The van der Waals surface area contributed by atoms with E-state index in [1.165, 1.54) is 6.34 Å². The van der Waals surface area contributed by atoms with Crippen LogP contribution in [0.5, 0.6) is 0 Å². The molecular formula is C21H33N5O4. The van der Waals surface area contributed by atoms with Crippen molar-refractivity contribution >= 4 is 24.0 Å². The molecule has 1 aromatic rings. The summed E-state index contributed by atoms with van der Waals surface area (Å²) in [7, 11) is 1.81. The number of nitrogens with two attached hydrogens (primary N) is 1. The minimum atomic E-state index is -0.539. The van der Waals surface area contributed by atoms with Crippen molar-refractivity contribution in [3.05, 3.63) is 35.9 Å². The quantitative estimate of drug-likeness (QED) is 0.289. The molecule has 4 N–H and O–H groups in total. The van der Waals surface area contributed by atoms with Gasteiger partial charge in [0.05, 0.1) is 13.2 Å². The Hall–Kier alpha value is -2.78. The number of nitrogens with one attached hydrogen (secondary N) is 1. The van der Waals surface area contributed by atoms with E-state index in [-0.39, 0.29) is 13.2 Å². The molecule has 0 spiro atoms. The van der Waals surface area contributed by atoms with E-state index in [9.17, 15) is 9.59 Å². The average molecular weight is 420 g/mol. The maximum Gasteiger partial charge on any atom is 0.287 e. The normalized spacial score (nSPS) is 25.8. The number of likely N-dealkylation sites (N-methyl/N-ethyl adjacent to an activating group) is 1. The molecule has 2 fully saturated rings. The van der Waals surface area contributed by atoms with Gasteiger partial charge in [-0.1, -0.05) is 37.3 Å². The van der Waals surface area contributed by atoms with E-state index in [0.717, 1.165) is 12.0 Å². The summed E-state index contributed by atoms with van der Waals surface area (Å²) >= 11 is 0. The Labute approximate surface area is 178 Å². The molecule has 0 aromatic heterocycles. The van der Waals surface area contributed by atoms with Crippen LogP contribution < -0.4 is 11.1 Å². The molecule has 1 aliphatic carbocycles. The van der Waals surface area contributed by atoms with Crippen LogP contribution in [0.2, 0.25) is 0 Å². The third-order valence-electron chi connectivity index (χ3n) is 5.46. The number of carbonyl (C=O) groups is 2. The van der Waals surface area contributed by atoms with Crippen molar-refractivity contribution in [2.45, 2.75) is 45.3 Å². The number of carbonyl (C=O) groups excluding carboxylic acids is 2. The van der Waals surface area contributed by atoms with E-state index in [1.54, 1.807) is 11.8 Å². The third-order valence-corrected chi connectivity index (χ3v) is 5.46. The first kappa shape index (κ1) is 23.5. The second-order valence-corrected chi connectivity index (χ2v) is 7.44. The van der Waals surface area contributed by atoms with Gasteiger partial charge in [-0.25, -0.2) is 9.88 Å². The zero-order chi connectivity index (χ0) is 22.1. The lowest BCUT2D eigenvalue weighted by Crippen LogP contribution is -2.50. The smallest absolute Gasteiger partial charge is 0.287 e. The summed E-state index contributed by atoms with van der Waals surface area (Å²) in [5.41, 5.74) is 6.76. The molecule has 30 heavy (non-hydrogen) atoms. The van der Waals surface area contributed by atoms with Crippen molar-refractivity contribution in [2.75, 3.05) is 13.7 Å². The van der Waals surface area contributed by atoms with Crippen LogP contribution in [0.3, 0.4) is 0 Å². The monoisotopic (exact) mass is 419 g/mol. The lowest BCUT2D eigenvalue weighted by Gasteiger charge is -2.22. The highest BCUT2D eigenvalue weighted by Crippen LogP contribution is 2.47. The van der Waals surface area contributed by atoms with Gasteiger partial charge in [-0.15, -0.1) is 0 Å². The van der Waals surface area contributed by atoms with Crippen LogP contribution in [0.4, 0.5) is 0 Å². The number of benzene rings is 1. The molecule has 1 saturated heterocycles. The van der Waals surface area contributed by atoms with E-state index >= 15 is 0 Å². The zero-order valence-corrected chi connectivity index (χ0v) is 17.7. The van der Waals surface area contributed by atoms with Gasteiger partial charge in [-0.05, 0) is 37.2 Å². The van der Waals surface area contributed by atoms with E-state index in [4.69, 9.17) is 11.0 Å². The standard InChI is InChI=1S/C19H25N5O2.C2H6O2.H2/c1-12-14-8-9-15(19(26)24(2)16(12)14)23-18(25)17(20)22-11-21-10-13-6-4-3-5-7-13;1-2-4-3;/h3-7,11-12,14-16H,8-10H2,1-2H3,(H,23,25)(H2,20,21,22);3H,2H2,1H3;1H/t12-,14+,15+,16-;;/m1../s1. The van der Waals surface area contributed by atoms with Gasteiger partial charge in [0, 0.05) is 14.5 Å². The van der Waals surface area contributed by atoms with Crippen molar-refractivity contribution in [3.8, 4) is 0 Å². The van der Waals surface area contributed by atoms with Crippen LogP contribution in [0.1, 0.15) is 33.7 Å². The van der Waals surface area contributed by atoms with Crippen LogP contribution in [-0.4, -0.2) is 59.9 Å². The highest BCUT2D eigenvalue weighted by molar-refractivity contribution is 6.38. The van der Waals surface area contributed by atoms with E-state index < -0.39 is 11.9 Å². The number of nitrogens with zero attached hydrogens (tertiary/aromatic N) is 3. The molecule has 1 aliphatic heterocycles. The van der Waals surface area contributed by atoms with Crippen molar-refractivity contribution < 1.29 is 21.2 Å². The number of likely N-dealkylation sites (tertiary alicyclic amines) is 1. The van der Waals surface area contributed by atoms with Crippen molar-refractivity contribution in [1.29, 1.82) is 0 Å². The fraction of sp³-hybridized carbons (Fsp3) is 0.524. The number of hydrogen-bond acceptors (Lipinski definition) is 5. The van der Waals surface area contributed by atoms with Gasteiger partial charge in [0.1, 0.15) is 12.4 Å². The molecule has 1 aromatic carbocycles. The minimum Gasteiger partial charge on any atom is -0.379 e. The van der Waals surface area contributed by atoms with E-state index in [2.05, 4.69) is 27.1 Å². The molecule has 0 bridgehead atoms. The SMILES string of the molecule is CCOO.C[C@@H]1[C@@H]2CC[C@H](NC(=O)C(N)=NC=NCc3ccccc3)C(=O)N(C)[C@H]12.[HH]. The Bertz CT molecular complexity index is 772. The van der Waals surface area contributed by atoms with Crippen LogP contribution in [0, 0.1) is 11.8 Å². The van der Waals surface area contributed by atoms with Crippen LogP contribution in [-0.2, 0) is 21.0 Å². The first-order valence-corrected chi connectivity index (χ1v) is 10.1. The summed E-state index contributed by atoms with van der Waals surface area (Å²) in [6.45, 7) is 4.71. The van der Waals surface area contributed by atoms with Crippen LogP contribution in [0.15, 0.2) is 40.3 Å². The molecule has 4 atom stereocenters. The van der Waals surface area contributed by atoms with Gasteiger partial charge < -0.3 is 16.0 Å². The predicted molar refractivity (Wildman–Crippen MR) is 117 cm³/mol. The molecular weight excluding hydrogens is 386 g/mol. The van der Waals surface area contributed by atoms with Gasteiger partial charge in [-0.3, -0.25) is 19.8 Å². The highest BCUT2D eigenvalue weighted by atomic mass is 17.1. The molecule has 1 heterocycles. The maximum absolute atomic E-state index is 12.5. The van der Waals surface area contributed by atoms with Crippen molar-refractivity contribution in [2.24, 2.45) is 27.6 Å². The number of hydrogen-bond donors (Lipinski definition) is 3. The molecule has 2 amide bonds. The van der Waals surface area contributed by atoms with Gasteiger partial charge in [0.25, 0.3) is 5.91 Å². The molecule has 0 unspecified atom stereocenters. The second kappa shape index (κ2) is 11.4. The Kier molecular flexibility index (Phi) is 8.94. The van der Waals surface area contributed by atoms with Gasteiger partial charge in [0.15, 0.2) is 5.84 Å². The Morgan fingerprint density at radius 1 is 1.40 bits per heavy atom. The highest BCUT2D eigenvalue weighted by Gasteiger charge is 2.53.